The predicted octanol–water partition coefficient (Wildman–Crippen LogP) is 9.49. The second-order valence-electron chi connectivity index (χ2n) is 16.5. The number of carbonyl (C=O) groups excluding carboxylic acids is 2. The van der Waals surface area contributed by atoms with Gasteiger partial charge in [0.1, 0.15) is 5.03 Å². The summed E-state index contributed by atoms with van der Waals surface area (Å²) >= 11 is 8.01. The van der Waals surface area contributed by atoms with Gasteiger partial charge in [-0.1, -0.05) is 58.4 Å². The molecule has 310 valence electrons. The number of nitrogens with one attached hydrogen (secondary N) is 4. The van der Waals surface area contributed by atoms with E-state index in [0.29, 0.717) is 34.6 Å². The second kappa shape index (κ2) is 18.4. The Balaban J connectivity index is 0.000000180. The van der Waals surface area contributed by atoms with Crippen molar-refractivity contribution in [3.63, 3.8) is 0 Å². The minimum absolute atomic E-state index is 0.00830. The van der Waals surface area contributed by atoms with Crippen LogP contribution in [0, 0.1) is 25.7 Å². The smallest absolute Gasteiger partial charge is 0.251 e. The average molecular weight is 836 g/mol. The molecule has 2 amide bonds. The van der Waals surface area contributed by atoms with Crippen LogP contribution in [0.15, 0.2) is 66.0 Å². The molecule has 4 aromatic heterocycles. The molecule has 0 bridgehead atoms. The Morgan fingerprint density at radius 1 is 0.729 bits per heavy atom. The first-order valence-corrected chi connectivity index (χ1v) is 22.1. The standard InChI is InChI=1S/C24H31N5OS.C21H24ClN5O/c1-5-10-31-22-12-20(25-13-15(2)3)23-26-14-21(29(23)28-22)17-6-9-19(16(4)11-17)24(30)27-18-7-8-18;1-12(2)10-23-17-9-19(22)26-27-18(11-24-20(17)27)14-4-7-16(13(3)8-14)21(28)25-15-5-6-15/h6,9,11-12,14-15,18,25H,5,7-8,10,13H2,1-4H3,(H,27,30);4,7-9,11-12,15,23H,5-6,10H2,1-3H3,(H,25,28). The van der Waals surface area contributed by atoms with Crippen molar-refractivity contribution in [3.8, 4) is 22.5 Å². The van der Waals surface area contributed by atoms with Gasteiger partial charge in [-0.25, -0.2) is 19.0 Å². The van der Waals surface area contributed by atoms with E-state index in [1.165, 1.54) is 0 Å². The lowest BCUT2D eigenvalue weighted by Gasteiger charge is -2.13. The topological polar surface area (TPSA) is 143 Å². The van der Waals surface area contributed by atoms with E-state index in [2.05, 4.69) is 83.1 Å². The van der Waals surface area contributed by atoms with Crippen LogP contribution in [-0.4, -0.2) is 71.9 Å². The number of aromatic nitrogens is 6. The molecule has 59 heavy (non-hydrogen) atoms. The van der Waals surface area contributed by atoms with Gasteiger partial charge in [0.25, 0.3) is 11.8 Å². The van der Waals surface area contributed by atoms with Gasteiger partial charge < -0.3 is 21.3 Å². The molecule has 0 atom stereocenters. The fourth-order valence-corrected chi connectivity index (χ4v) is 7.52. The molecule has 2 aliphatic rings. The molecule has 4 N–H and O–H groups in total. The molecular weight excluding hydrogens is 780 g/mol. The minimum atomic E-state index is -0.00830. The predicted molar refractivity (Wildman–Crippen MR) is 240 cm³/mol. The number of hydrogen-bond acceptors (Lipinski definition) is 9. The highest BCUT2D eigenvalue weighted by atomic mass is 35.5. The first-order valence-electron chi connectivity index (χ1n) is 20.8. The molecule has 6 aromatic rings. The summed E-state index contributed by atoms with van der Waals surface area (Å²) in [5, 5.41) is 23.7. The highest BCUT2D eigenvalue weighted by molar-refractivity contribution is 7.99. The van der Waals surface area contributed by atoms with E-state index in [1.54, 1.807) is 28.5 Å². The van der Waals surface area contributed by atoms with Crippen LogP contribution in [0.1, 0.15) is 98.6 Å². The Hall–Kier alpha value is -5.14. The number of amides is 2. The van der Waals surface area contributed by atoms with Gasteiger partial charge in [-0.2, -0.15) is 10.2 Å². The van der Waals surface area contributed by atoms with Gasteiger partial charge in [0.15, 0.2) is 16.4 Å². The fraction of sp³-hybridized carbons (Fsp3) is 0.422. The number of anilines is 2. The molecule has 0 unspecified atom stereocenters. The van der Waals surface area contributed by atoms with Crippen molar-refractivity contribution in [1.82, 2.24) is 39.8 Å². The number of rotatable bonds is 15. The number of halogens is 1. The van der Waals surface area contributed by atoms with Crippen LogP contribution in [0.5, 0.6) is 0 Å². The maximum atomic E-state index is 12.5. The molecule has 8 rings (SSSR count). The number of imidazole rings is 2. The summed E-state index contributed by atoms with van der Waals surface area (Å²) in [6, 6.07) is 16.3. The normalized spacial score (nSPS) is 13.8. The Labute approximate surface area is 355 Å². The first-order chi connectivity index (χ1) is 28.4. The van der Waals surface area contributed by atoms with Gasteiger partial charge in [0.05, 0.1) is 35.2 Å². The Morgan fingerprint density at radius 3 is 1.64 bits per heavy atom. The van der Waals surface area contributed by atoms with Crippen molar-refractivity contribution in [2.45, 2.75) is 97.7 Å². The number of fused-ring (bicyclic) bond motifs is 2. The molecule has 4 heterocycles. The molecule has 2 aliphatic carbocycles. The molecule has 2 fully saturated rings. The van der Waals surface area contributed by atoms with Gasteiger partial charge in [0, 0.05) is 53.5 Å². The van der Waals surface area contributed by atoms with Crippen LogP contribution < -0.4 is 21.3 Å². The third-order valence-corrected chi connectivity index (χ3v) is 11.4. The summed E-state index contributed by atoms with van der Waals surface area (Å²) in [5.41, 5.74) is 10.4. The zero-order chi connectivity index (χ0) is 41.8. The monoisotopic (exact) mass is 834 g/mol. The lowest BCUT2D eigenvalue weighted by Crippen LogP contribution is -2.26. The number of aryl methyl sites for hydroxylation is 2. The van der Waals surface area contributed by atoms with Crippen molar-refractivity contribution < 1.29 is 9.59 Å². The van der Waals surface area contributed by atoms with Crippen LogP contribution >= 0.6 is 23.4 Å². The summed E-state index contributed by atoms with van der Waals surface area (Å²) in [7, 11) is 0. The van der Waals surface area contributed by atoms with E-state index >= 15 is 0 Å². The van der Waals surface area contributed by atoms with Crippen LogP contribution in [0.2, 0.25) is 5.15 Å². The number of hydrogen-bond donors (Lipinski definition) is 4. The van der Waals surface area contributed by atoms with Gasteiger partial charge in [0.2, 0.25) is 0 Å². The number of nitrogens with zero attached hydrogens (tertiary/aromatic N) is 6. The number of carbonyl (C=O) groups is 2. The zero-order valence-electron chi connectivity index (χ0n) is 35.0. The van der Waals surface area contributed by atoms with Gasteiger partial charge in [-0.15, -0.1) is 11.8 Å². The molecule has 0 aliphatic heterocycles. The molecule has 0 radical (unpaired) electrons. The Morgan fingerprint density at radius 2 is 1.20 bits per heavy atom. The average Bonchev–Trinajstić information content (AvgIpc) is 4.12. The first kappa shape index (κ1) is 42.0. The highest BCUT2D eigenvalue weighted by Crippen LogP contribution is 2.31. The van der Waals surface area contributed by atoms with Crippen molar-refractivity contribution in [1.29, 1.82) is 0 Å². The van der Waals surface area contributed by atoms with Crippen LogP contribution in [0.25, 0.3) is 33.8 Å². The third kappa shape index (κ3) is 10.4. The van der Waals surface area contributed by atoms with Gasteiger partial charge in [-0.3, -0.25) is 9.59 Å². The largest absolute Gasteiger partial charge is 0.382 e. The lowest BCUT2D eigenvalue weighted by molar-refractivity contribution is 0.0942. The molecule has 2 aromatic carbocycles. The van der Waals surface area contributed by atoms with E-state index in [4.69, 9.17) is 16.7 Å². The third-order valence-electron chi connectivity index (χ3n) is 10.1. The van der Waals surface area contributed by atoms with Gasteiger partial charge >= 0.3 is 0 Å². The molecular formula is C45H55ClN10O2S. The van der Waals surface area contributed by atoms with Crippen molar-refractivity contribution in [3.05, 3.63) is 88.3 Å². The summed E-state index contributed by atoms with van der Waals surface area (Å²) in [4.78, 5) is 34.1. The van der Waals surface area contributed by atoms with E-state index in [0.717, 1.165) is 118 Å². The maximum Gasteiger partial charge on any atom is 0.251 e. The number of benzene rings is 2. The zero-order valence-corrected chi connectivity index (χ0v) is 36.6. The van der Waals surface area contributed by atoms with Crippen molar-refractivity contribution >= 4 is 57.8 Å². The molecule has 0 saturated heterocycles. The fourth-order valence-electron chi connectivity index (χ4n) is 6.58. The van der Waals surface area contributed by atoms with E-state index < -0.39 is 0 Å². The molecule has 12 nitrogen and oxygen atoms in total. The Kier molecular flexibility index (Phi) is 13.1. The Bertz CT molecular complexity index is 2470. The molecule has 14 heteroatoms. The van der Waals surface area contributed by atoms with E-state index in [-0.39, 0.29) is 11.8 Å². The van der Waals surface area contributed by atoms with E-state index in [9.17, 15) is 9.59 Å². The summed E-state index contributed by atoms with van der Waals surface area (Å²) in [6.45, 7) is 16.5. The van der Waals surface area contributed by atoms with E-state index in [1.807, 2.05) is 54.9 Å². The van der Waals surface area contributed by atoms with Gasteiger partial charge in [-0.05, 0) is 105 Å². The quantitative estimate of drug-likeness (QED) is 0.0745. The van der Waals surface area contributed by atoms with Crippen LogP contribution in [0.3, 0.4) is 0 Å². The van der Waals surface area contributed by atoms with Crippen LogP contribution in [0.4, 0.5) is 11.4 Å². The summed E-state index contributed by atoms with van der Waals surface area (Å²) < 4.78 is 3.68. The van der Waals surface area contributed by atoms with Crippen molar-refractivity contribution in [2.75, 3.05) is 29.5 Å². The summed E-state index contributed by atoms with van der Waals surface area (Å²) in [5.74, 6) is 2.06. The second-order valence-corrected chi connectivity index (χ2v) is 18.0. The number of thioether (sulfide) groups is 1. The SMILES string of the molecule is CCCSc1cc(NCC(C)C)c2ncc(-c3ccc(C(=O)NC4CC4)c(C)c3)n2n1.Cc1cc(-c2cnc3c(NCC(C)C)cc(Cl)nn23)ccc1C(=O)NC1CC1. The molecule has 0 spiro atoms. The summed E-state index contributed by atoms with van der Waals surface area (Å²) in [6.07, 6.45) is 9.08. The maximum absolute atomic E-state index is 12.5. The highest BCUT2D eigenvalue weighted by Gasteiger charge is 2.26. The molecule has 2 saturated carbocycles. The minimum Gasteiger partial charge on any atom is -0.382 e. The van der Waals surface area contributed by atoms with Crippen molar-refractivity contribution in [2.24, 2.45) is 11.8 Å². The van der Waals surface area contributed by atoms with Crippen LogP contribution in [-0.2, 0) is 0 Å². The lowest BCUT2D eigenvalue weighted by atomic mass is 10.0.